The molecule has 1 unspecified atom stereocenters. The Hall–Kier alpha value is -4.88. The average Bonchev–Trinajstić information content (AvgIpc) is 3.28. The van der Waals surface area contributed by atoms with Crippen molar-refractivity contribution in [3.63, 3.8) is 0 Å². The van der Waals surface area contributed by atoms with Gasteiger partial charge in [0.05, 0.1) is 23.1 Å². The normalized spacial score (nSPS) is 15.5. The molecule has 0 radical (unpaired) electrons. The fourth-order valence-corrected chi connectivity index (χ4v) is 6.26. The Morgan fingerprint density at radius 2 is 1.88 bits per heavy atom. The zero-order valence-electron chi connectivity index (χ0n) is 21.8. The van der Waals surface area contributed by atoms with Gasteiger partial charge in [-0.1, -0.05) is 48.5 Å². The van der Waals surface area contributed by atoms with Crippen LogP contribution < -0.4 is 10.1 Å². The van der Waals surface area contributed by atoms with Crippen molar-refractivity contribution >= 4 is 27.8 Å². The minimum atomic E-state index is 0.229. The molecule has 1 fully saturated rings. The number of pyridine rings is 1. The fourth-order valence-electron chi connectivity index (χ4n) is 5.50. The van der Waals surface area contributed by atoms with E-state index in [1.54, 1.807) is 17.5 Å². The predicted molar refractivity (Wildman–Crippen MR) is 160 cm³/mol. The predicted octanol–water partition coefficient (Wildman–Crippen LogP) is 7.24. The molecule has 0 amide bonds. The van der Waals surface area contributed by atoms with Crippen LogP contribution in [0.5, 0.6) is 5.75 Å². The molecular weight excluding hydrogens is 514 g/mol. The van der Waals surface area contributed by atoms with Gasteiger partial charge in [0.25, 0.3) is 0 Å². The molecule has 0 bridgehead atoms. The number of nitrogens with one attached hydrogen (secondary N) is 2. The third-order valence-corrected chi connectivity index (χ3v) is 8.49. The molecule has 4 aromatic heterocycles. The summed E-state index contributed by atoms with van der Waals surface area (Å²) in [4.78, 5) is 9.46. The Morgan fingerprint density at radius 3 is 2.75 bits per heavy atom. The number of benzene rings is 2. The topological polar surface area (TPSA) is 77.7 Å². The van der Waals surface area contributed by atoms with Crippen molar-refractivity contribution in [2.24, 2.45) is 7.05 Å². The van der Waals surface area contributed by atoms with Gasteiger partial charge in [-0.15, -0.1) is 11.3 Å². The maximum absolute atomic E-state index is 6.05. The number of hydrogen-bond acceptors (Lipinski definition) is 5. The molecule has 194 valence electrons. The number of aryl methyl sites for hydroxylation is 1. The van der Waals surface area contributed by atoms with Crippen LogP contribution in [0.3, 0.4) is 0 Å². The molecule has 0 spiro atoms. The fraction of sp³-hybridized carbons (Fsp3) is 0.0909. The first kappa shape index (κ1) is 23.0. The number of rotatable bonds is 6. The molecular formula is C33H25N5OS. The number of allylic oxidation sites excluding steroid dienone is 2. The summed E-state index contributed by atoms with van der Waals surface area (Å²) in [6, 6.07) is 25.5. The molecule has 7 heteroatoms. The first-order chi connectivity index (χ1) is 19.7. The van der Waals surface area contributed by atoms with Gasteiger partial charge in [-0.3, -0.25) is 9.67 Å². The highest BCUT2D eigenvalue weighted by atomic mass is 32.1. The lowest BCUT2D eigenvalue weighted by Gasteiger charge is -2.08. The monoisotopic (exact) mass is 539 g/mol. The molecule has 5 heterocycles. The second kappa shape index (κ2) is 9.10. The summed E-state index contributed by atoms with van der Waals surface area (Å²) >= 11 is 1.77. The van der Waals surface area contributed by atoms with E-state index in [2.05, 4.69) is 87.4 Å². The molecule has 40 heavy (non-hydrogen) atoms. The van der Waals surface area contributed by atoms with Crippen LogP contribution in [0.1, 0.15) is 27.7 Å². The molecule has 6 aromatic rings. The summed E-state index contributed by atoms with van der Waals surface area (Å²) in [7, 11) is 2.00. The molecule has 2 aliphatic rings. The van der Waals surface area contributed by atoms with E-state index >= 15 is 0 Å². The van der Waals surface area contributed by atoms with Gasteiger partial charge >= 0.3 is 0 Å². The number of nitrogens with zero attached hydrogens (tertiary/aromatic N) is 3. The van der Waals surface area contributed by atoms with E-state index in [0.717, 1.165) is 44.7 Å². The summed E-state index contributed by atoms with van der Waals surface area (Å²) in [5.41, 5.74) is 11.1. The number of H-pyrrole nitrogens is 1. The highest BCUT2D eigenvalue weighted by Gasteiger charge is 2.36. The van der Waals surface area contributed by atoms with Crippen LogP contribution in [-0.4, -0.2) is 19.7 Å². The highest BCUT2D eigenvalue weighted by molar-refractivity contribution is 7.11. The largest absolute Gasteiger partial charge is 0.487 e. The number of aromatic amines is 1. The van der Waals surface area contributed by atoms with E-state index < -0.39 is 0 Å². The van der Waals surface area contributed by atoms with E-state index in [4.69, 9.17) is 9.84 Å². The zero-order chi connectivity index (χ0) is 26.6. The van der Waals surface area contributed by atoms with Crippen molar-refractivity contribution < 1.29 is 4.74 Å². The number of hydrogen-bond donors (Lipinski definition) is 2. The van der Waals surface area contributed by atoms with Gasteiger partial charge in [-0.2, -0.15) is 5.10 Å². The van der Waals surface area contributed by atoms with Crippen LogP contribution >= 0.6 is 11.3 Å². The maximum Gasteiger partial charge on any atom is 0.138 e. The minimum Gasteiger partial charge on any atom is -0.487 e. The zero-order valence-corrected chi connectivity index (χ0v) is 22.6. The molecule has 2 aromatic carbocycles. The number of aromatic nitrogens is 4. The molecule has 0 saturated carbocycles. The number of ether oxygens (including phenoxy) is 1. The van der Waals surface area contributed by atoms with Crippen LogP contribution in [0.15, 0.2) is 108 Å². The molecule has 1 aliphatic carbocycles. The molecule has 1 saturated heterocycles. The Kier molecular flexibility index (Phi) is 5.24. The van der Waals surface area contributed by atoms with Crippen LogP contribution in [0.25, 0.3) is 39.0 Å². The Balaban J connectivity index is 1.17. The van der Waals surface area contributed by atoms with Crippen molar-refractivity contribution in [2.45, 2.75) is 12.6 Å². The molecule has 6 nitrogen and oxygen atoms in total. The summed E-state index contributed by atoms with van der Waals surface area (Å²) in [6.07, 6.45) is 8.07. The number of fused-ring (bicyclic) bond motifs is 4. The number of thiophene rings is 1. The molecule has 1 atom stereocenters. The minimum absolute atomic E-state index is 0.229. The van der Waals surface area contributed by atoms with Crippen molar-refractivity contribution in [2.75, 3.05) is 0 Å². The standard InChI is InChI=1S/C33H25N5OS/c1-38-29-12-9-21(22-14-23(18-34-17-22)39-19-20-6-3-2-4-7-20)15-26(29)31(37-38)28-16-25-24(30-8-5-13-40-30)10-11-27-33(35-27)32(25)36-28/h2-18,33,35-36H,19H2,1H3. The van der Waals surface area contributed by atoms with Crippen molar-refractivity contribution in [1.82, 2.24) is 25.1 Å². The van der Waals surface area contributed by atoms with E-state index in [1.807, 2.05) is 36.1 Å². The van der Waals surface area contributed by atoms with Crippen LogP contribution in [0, 0.1) is 0 Å². The lowest BCUT2D eigenvalue weighted by molar-refractivity contribution is 0.305. The average molecular weight is 540 g/mol. The van der Waals surface area contributed by atoms with Gasteiger partial charge in [0.2, 0.25) is 0 Å². The molecule has 8 rings (SSSR count). The third kappa shape index (κ3) is 3.94. The Labute approximate surface area is 235 Å². The summed E-state index contributed by atoms with van der Waals surface area (Å²) in [5.74, 6) is 0.745. The van der Waals surface area contributed by atoms with Gasteiger partial charge in [-0.05, 0) is 52.9 Å². The van der Waals surface area contributed by atoms with Gasteiger partial charge in [0, 0.05) is 45.9 Å². The smallest absolute Gasteiger partial charge is 0.138 e. The van der Waals surface area contributed by atoms with Crippen molar-refractivity contribution in [1.29, 1.82) is 0 Å². The van der Waals surface area contributed by atoms with Gasteiger partial charge in [-0.25, -0.2) is 0 Å². The van der Waals surface area contributed by atoms with Crippen molar-refractivity contribution in [3.8, 4) is 28.3 Å². The van der Waals surface area contributed by atoms with Crippen LogP contribution in [0.4, 0.5) is 0 Å². The van der Waals surface area contributed by atoms with E-state index in [1.165, 1.54) is 27.4 Å². The van der Waals surface area contributed by atoms with Crippen LogP contribution in [0.2, 0.25) is 0 Å². The molecule has 1 aliphatic heterocycles. The first-order valence-electron chi connectivity index (χ1n) is 13.3. The SMILES string of the molecule is Cn1nc(-c2cc3c([nH]2)C2NC2=CC=C3c2cccs2)c2cc(-c3cncc(OCc4ccccc4)c3)ccc21. The summed E-state index contributed by atoms with van der Waals surface area (Å²) < 4.78 is 8.00. The Bertz CT molecular complexity index is 1950. The van der Waals surface area contributed by atoms with Crippen molar-refractivity contribution in [3.05, 3.63) is 130 Å². The summed E-state index contributed by atoms with van der Waals surface area (Å²) in [5, 5.41) is 11.7. The maximum atomic E-state index is 6.05. The van der Waals surface area contributed by atoms with E-state index in [0.29, 0.717) is 6.61 Å². The lowest BCUT2D eigenvalue weighted by Crippen LogP contribution is -1.95. The highest BCUT2D eigenvalue weighted by Crippen LogP contribution is 2.45. The van der Waals surface area contributed by atoms with Gasteiger partial charge in [0.15, 0.2) is 0 Å². The Morgan fingerprint density at radius 1 is 0.950 bits per heavy atom. The van der Waals surface area contributed by atoms with Gasteiger partial charge in [0.1, 0.15) is 24.1 Å². The van der Waals surface area contributed by atoms with Crippen LogP contribution in [-0.2, 0) is 13.7 Å². The summed E-state index contributed by atoms with van der Waals surface area (Å²) in [6.45, 7) is 0.504. The first-order valence-corrected chi connectivity index (χ1v) is 14.1. The second-order valence-electron chi connectivity index (χ2n) is 10.2. The van der Waals surface area contributed by atoms with E-state index in [9.17, 15) is 0 Å². The quantitative estimate of drug-likeness (QED) is 0.219. The lowest BCUT2D eigenvalue weighted by atomic mass is 10.0. The third-order valence-electron chi connectivity index (χ3n) is 7.58. The second-order valence-corrected chi connectivity index (χ2v) is 11.1. The van der Waals surface area contributed by atoms with E-state index in [-0.39, 0.29) is 6.04 Å². The molecule has 2 N–H and O–H groups in total. The van der Waals surface area contributed by atoms with Gasteiger partial charge < -0.3 is 15.0 Å².